The lowest BCUT2D eigenvalue weighted by atomic mass is 10.1. The van der Waals surface area contributed by atoms with Crippen LogP contribution in [0.15, 0.2) is 48.5 Å². The fraction of sp³-hybridized carbons (Fsp3) is 0.318. The summed E-state index contributed by atoms with van der Waals surface area (Å²) >= 11 is 1.53. The van der Waals surface area contributed by atoms with Crippen molar-refractivity contribution in [2.75, 3.05) is 12.3 Å². The van der Waals surface area contributed by atoms with E-state index in [0.717, 1.165) is 29.7 Å². The fourth-order valence-electron chi connectivity index (χ4n) is 2.44. The molecule has 0 aliphatic heterocycles. The van der Waals surface area contributed by atoms with Crippen LogP contribution in [0.4, 0.5) is 0 Å². The quantitative estimate of drug-likeness (QED) is 0.602. The highest BCUT2D eigenvalue weighted by atomic mass is 32.2. The summed E-state index contributed by atoms with van der Waals surface area (Å²) < 4.78 is 0. The predicted octanol–water partition coefficient (Wildman–Crippen LogP) is 3.64. The Morgan fingerprint density at radius 1 is 1.00 bits per heavy atom. The number of amides is 2. The van der Waals surface area contributed by atoms with Crippen LogP contribution in [0.5, 0.6) is 0 Å². The van der Waals surface area contributed by atoms with Gasteiger partial charge in [0.25, 0.3) is 5.91 Å². The smallest absolute Gasteiger partial charge is 0.251 e. The molecule has 0 fully saturated rings. The third-order valence-corrected chi connectivity index (χ3v) is 5.11. The largest absolute Gasteiger partial charge is 0.352 e. The number of nitrogens with one attached hydrogen (secondary N) is 2. The maximum Gasteiger partial charge on any atom is 0.251 e. The Hall–Kier alpha value is -2.78. The van der Waals surface area contributed by atoms with E-state index in [1.807, 2.05) is 24.3 Å². The number of nitriles is 1. The number of hydrogen-bond acceptors (Lipinski definition) is 4. The molecule has 2 rings (SSSR count). The number of nitrogens with zero attached hydrogens (tertiary/aromatic N) is 1. The van der Waals surface area contributed by atoms with E-state index < -0.39 is 0 Å². The first-order valence-electron chi connectivity index (χ1n) is 9.33. The van der Waals surface area contributed by atoms with Crippen molar-refractivity contribution in [2.45, 2.75) is 32.1 Å². The molecule has 6 heteroatoms. The van der Waals surface area contributed by atoms with E-state index >= 15 is 0 Å². The highest BCUT2D eigenvalue weighted by Gasteiger charge is 2.06. The number of hydrogen-bond donors (Lipinski definition) is 2. The van der Waals surface area contributed by atoms with Crippen LogP contribution >= 0.6 is 11.8 Å². The van der Waals surface area contributed by atoms with Gasteiger partial charge in [0.2, 0.25) is 5.91 Å². The molecule has 0 unspecified atom stereocenters. The second-order valence-electron chi connectivity index (χ2n) is 6.38. The van der Waals surface area contributed by atoms with E-state index in [9.17, 15) is 9.59 Å². The van der Waals surface area contributed by atoms with Gasteiger partial charge in [-0.2, -0.15) is 5.26 Å². The lowest BCUT2D eigenvalue weighted by Crippen LogP contribution is -2.25. The molecule has 5 nitrogen and oxygen atoms in total. The van der Waals surface area contributed by atoms with Gasteiger partial charge in [-0.25, -0.2) is 0 Å². The molecule has 0 saturated carbocycles. The van der Waals surface area contributed by atoms with Crippen molar-refractivity contribution in [3.8, 4) is 6.07 Å². The Morgan fingerprint density at radius 2 is 1.68 bits per heavy atom. The first-order chi connectivity index (χ1) is 13.6. The third kappa shape index (κ3) is 7.45. The summed E-state index contributed by atoms with van der Waals surface area (Å²) in [6.07, 6.45) is 2.02. The SMILES string of the molecule is CCCCNC(=O)c1ccc(CNC(=O)CSCc2ccc(C#N)cc2)cc1. The number of benzene rings is 2. The van der Waals surface area contributed by atoms with Crippen LogP contribution < -0.4 is 10.6 Å². The van der Waals surface area contributed by atoms with Gasteiger partial charge in [-0.15, -0.1) is 11.8 Å². The summed E-state index contributed by atoms with van der Waals surface area (Å²) in [6, 6.07) is 16.7. The number of carbonyl (C=O) groups is 2. The van der Waals surface area contributed by atoms with Crippen molar-refractivity contribution in [3.63, 3.8) is 0 Å². The molecule has 0 spiro atoms. The molecule has 2 amide bonds. The zero-order valence-corrected chi connectivity index (χ0v) is 16.8. The summed E-state index contributed by atoms with van der Waals surface area (Å²) in [6.45, 7) is 3.21. The standard InChI is InChI=1S/C22H25N3O2S/c1-2-3-12-24-22(27)20-10-8-18(9-11-20)14-25-21(26)16-28-15-19-6-4-17(13-23)5-7-19/h4-11H,2-3,12,14-16H2,1H3,(H,24,27)(H,25,26). The lowest BCUT2D eigenvalue weighted by molar-refractivity contribution is -0.118. The Bertz CT molecular complexity index is 811. The van der Waals surface area contributed by atoms with E-state index in [4.69, 9.17) is 5.26 Å². The molecule has 146 valence electrons. The fourth-order valence-corrected chi connectivity index (χ4v) is 3.26. The highest BCUT2D eigenvalue weighted by Crippen LogP contribution is 2.13. The van der Waals surface area contributed by atoms with Crippen LogP contribution in [0.1, 0.15) is 46.8 Å². The summed E-state index contributed by atoms with van der Waals surface area (Å²) in [5, 5.41) is 14.6. The van der Waals surface area contributed by atoms with E-state index in [0.29, 0.717) is 30.0 Å². The van der Waals surface area contributed by atoms with Gasteiger partial charge in [0.05, 0.1) is 17.4 Å². The molecular weight excluding hydrogens is 370 g/mol. The minimum absolute atomic E-state index is 0.0277. The van der Waals surface area contributed by atoms with Crippen LogP contribution in [0.25, 0.3) is 0 Å². The molecule has 0 aliphatic carbocycles. The minimum atomic E-state index is -0.0664. The van der Waals surface area contributed by atoms with E-state index in [1.54, 1.807) is 24.3 Å². The van der Waals surface area contributed by atoms with Crippen molar-refractivity contribution in [2.24, 2.45) is 0 Å². The molecule has 0 aromatic heterocycles. The molecule has 0 heterocycles. The number of unbranched alkanes of at least 4 members (excludes halogenated alkanes) is 1. The van der Waals surface area contributed by atoms with Crippen molar-refractivity contribution < 1.29 is 9.59 Å². The van der Waals surface area contributed by atoms with Crippen molar-refractivity contribution in [3.05, 3.63) is 70.8 Å². The van der Waals surface area contributed by atoms with E-state index in [-0.39, 0.29) is 11.8 Å². The normalized spacial score (nSPS) is 10.1. The Labute approximate surface area is 170 Å². The first-order valence-corrected chi connectivity index (χ1v) is 10.5. The molecule has 2 aromatic rings. The molecule has 0 saturated heterocycles. The average Bonchev–Trinajstić information content (AvgIpc) is 2.73. The molecule has 0 aliphatic rings. The first kappa shape index (κ1) is 21.5. The second-order valence-corrected chi connectivity index (χ2v) is 7.37. The summed E-state index contributed by atoms with van der Waals surface area (Å²) in [5.41, 5.74) is 3.31. The summed E-state index contributed by atoms with van der Waals surface area (Å²) in [4.78, 5) is 24.0. The van der Waals surface area contributed by atoms with Crippen LogP contribution in [0, 0.1) is 11.3 Å². The molecule has 0 radical (unpaired) electrons. The van der Waals surface area contributed by atoms with Crippen LogP contribution in [-0.4, -0.2) is 24.1 Å². The van der Waals surface area contributed by atoms with Crippen molar-refractivity contribution in [1.82, 2.24) is 10.6 Å². The molecule has 0 bridgehead atoms. The molecule has 2 aromatic carbocycles. The molecule has 2 N–H and O–H groups in total. The highest BCUT2D eigenvalue weighted by molar-refractivity contribution is 7.99. The van der Waals surface area contributed by atoms with Gasteiger partial charge in [0.15, 0.2) is 0 Å². The number of carbonyl (C=O) groups excluding carboxylic acids is 2. The Balaban J connectivity index is 1.69. The van der Waals surface area contributed by atoms with E-state index in [2.05, 4.69) is 23.6 Å². The number of rotatable bonds is 10. The zero-order valence-electron chi connectivity index (χ0n) is 16.0. The van der Waals surface area contributed by atoms with Crippen LogP contribution in [0.2, 0.25) is 0 Å². The maximum absolute atomic E-state index is 12.0. The van der Waals surface area contributed by atoms with Crippen molar-refractivity contribution >= 4 is 23.6 Å². The molecule has 0 atom stereocenters. The van der Waals surface area contributed by atoms with Gasteiger partial charge in [-0.05, 0) is 41.8 Å². The van der Waals surface area contributed by atoms with Gasteiger partial charge in [0, 0.05) is 24.4 Å². The van der Waals surface area contributed by atoms with Crippen LogP contribution in [-0.2, 0) is 17.1 Å². The molecule has 28 heavy (non-hydrogen) atoms. The van der Waals surface area contributed by atoms with Gasteiger partial charge in [-0.3, -0.25) is 9.59 Å². The van der Waals surface area contributed by atoms with Crippen LogP contribution in [0.3, 0.4) is 0 Å². The van der Waals surface area contributed by atoms with Gasteiger partial charge >= 0.3 is 0 Å². The predicted molar refractivity (Wildman–Crippen MR) is 113 cm³/mol. The average molecular weight is 396 g/mol. The van der Waals surface area contributed by atoms with Gasteiger partial charge in [-0.1, -0.05) is 37.6 Å². The van der Waals surface area contributed by atoms with Gasteiger partial charge in [0.1, 0.15) is 0 Å². The maximum atomic E-state index is 12.0. The number of thioether (sulfide) groups is 1. The van der Waals surface area contributed by atoms with E-state index in [1.165, 1.54) is 11.8 Å². The minimum Gasteiger partial charge on any atom is -0.352 e. The third-order valence-electron chi connectivity index (χ3n) is 4.11. The Morgan fingerprint density at radius 3 is 2.32 bits per heavy atom. The molecular formula is C22H25N3O2S. The summed E-state index contributed by atoms with van der Waals surface area (Å²) in [5.74, 6) is 1.00. The Kier molecular flexibility index (Phi) is 9.09. The van der Waals surface area contributed by atoms with Crippen molar-refractivity contribution in [1.29, 1.82) is 5.26 Å². The van der Waals surface area contributed by atoms with Gasteiger partial charge < -0.3 is 10.6 Å². The summed E-state index contributed by atoms with van der Waals surface area (Å²) in [7, 11) is 0. The zero-order chi connectivity index (χ0) is 20.2. The monoisotopic (exact) mass is 395 g/mol. The lowest BCUT2D eigenvalue weighted by Gasteiger charge is -2.07. The topological polar surface area (TPSA) is 82.0 Å². The second kappa shape index (κ2) is 11.8.